The van der Waals surface area contributed by atoms with Crippen molar-refractivity contribution in [3.05, 3.63) is 141 Å². The molecule has 0 bridgehead atoms. The van der Waals surface area contributed by atoms with Gasteiger partial charge < -0.3 is 31.2 Å². The number of carbonyl (C=O) groups excluding carboxylic acids is 2. The van der Waals surface area contributed by atoms with Crippen molar-refractivity contribution in [3.63, 3.8) is 0 Å². The van der Waals surface area contributed by atoms with E-state index in [1.165, 1.54) is 48.9 Å². The summed E-state index contributed by atoms with van der Waals surface area (Å²) in [4.78, 5) is 37.6. The highest BCUT2D eigenvalue weighted by atomic mass is 35.5. The number of aliphatic hydroxyl groups is 2. The number of ketones is 2. The monoisotopic (exact) mass is 994 g/mol. The van der Waals surface area contributed by atoms with Crippen LogP contribution in [-0.4, -0.2) is 93.7 Å². The summed E-state index contributed by atoms with van der Waals surface area (Å²) in [7, 11) is 0. The van der Waals surface area contributed by atoms with E-state index in [0.717, 1.165) is 5.69 Å². The minimum absolute atomic E-state index is 0. The molecule has 0 aromatic carbocycles. The molecule has 0 fully saturated rings. The summed E-state index contributed by atoms with van der Waals surface area (Å²) < 4.78 is 83.5. The summed E-state index contributed by atoms with van der Waals surface area (Å²) in [6.45, 7) is 7.35. The molecule has 0 aliphatic heterocycles. The average molecular weight is 997 g/mol. The van der Waals surface area contributed by atoms with Crippen LogP contribution in [0, 0.1) is 0 Å². The van der Waals surface area contributed by atoms with E-state index < -0.39 is 61.2 Å². The highest BCUT2D eigenvalue weighted by molar-refractivity contribution is 6.31. The highest BCUT2D eigenvalue weighted by Crippen LogP contribution is 2.27. The second-order valence-electron chi connectivity index (χ2n) is 12.5. The van der Waals surface area contributed by atoms with Gasteiger partial charge in [-0.05, 0) is 48.5 Å². The zero-order valence-corrected chi connectivity index (χ0v) is 37.0. The van der Waals surface area contributed by atoms with E-state index in [4.69, 9.17) is 77.6 Å². The van der Waals surface area contributed by atoms with Crippen LogP contribution in [0.3, 0.4) is 0 Å². The SMILES string of the molecule is C=CCOC[C@H](CC(=O)C(F)(F)F)c1ccc(Cl)cn1.C=CCOC[C@H](N)c1ccc(Cl)cn1.Cl.N[C@@H](CO)c1ccc(Cl)cn1.O=C(C[C@@H](CO)c1ccc(Cl)cn1)C(F)(F)F. The Morgan fingerprint density at radius 3 is 1.24 bits per heavy atom. The Morgan fingerprint density at radius 1 is 0.587 bits per heavy atom. The smallest absolute Gasteiger partial charge is 0.396 e. The zero-order chi connectivity index (χ0) is 46.9. The standard InChI is InChI=1S/C13H13ClF3NO2.C10H9ClF3NO2.C10H13ClN2O.C7H9ClN2O.ClH/c1-2-5-20-8-9(6-12(19)13(15,16)17)11-4-3-10(14)7-18-11;11-7-1-2-8(15-4-7)6(5-16)3-9(17)10(12,13)14;1-2-5-14-7-9(12)10-4-3-8(11)6-13-10;8-5-1-2-7(10-3-5)6(9)4-11;/h2-4,7,9H,1,5-6,8H2;1-2,4,6,16H,3,5H2;2-4,6,9H,1,5,7,12H2;1-3,6,11H,4,9H2;1H/t9-;6-;9-;6-;/m0000./s1. The summed E-state index contributed by atoms with van der Waals surface area (Å²) in [6, 6.07) is 12.1. The topological polar surface area (TPSA) is 197 Å². The molecule has 6 N–H and O–H groups in total. The van der Waals surface area contributed by atoms with Crippen LogP contribution in [0.5, 0.6) is 0 Å². The van der Waals surface area contributed by atoms with Crippen molar-refractivity contribution in [3.8, 4) is 0 Å². The zero-order valence-electron chi connectivity index (χ0n) is 33.1. The van der Waals surface area contributed by atoms with Gasteiger partial charge in [0.2, 0.25) is 11.6 Å². The molecular formula is C40H45Cl5F6N6O6. The average Bonchev–Trinajstić information content (AvgIpc) is 3.23. The lowest BCUT2D eigenvalue weighted by molar-refractivity contribution is -0.171. The van der Waals surface area contributed by atoms with Crippen molar-refractivity contribution < 1.29 is 55.6 Å². The van der Waals surface area contributed by atoms with Crippen molar-refractivity contribution in [2.75, 3.05) is 39.6 Å². The lowest BCUT2D eigenvalue weighted by atomic mass is 9.98. The van der Waals surface area contributed by atoms with Gasteiger partial charge in [0.15, 0.2) is 0 Å². The normalized spacial score (nSPS) is 12.8. The van der Waals surface area contributed by atoms with Gasteiger partial charge in [0.05, 0.1) is 83.2 Å². The molecule has 0 spiro atoms. The molecule has 0 aliphatic rings. The summed E-state index contributed by atoms with van der Waals surface area (Å²) in [5.74, 6) is -5.43. The number of aromatic nitrogens is 4. The third-order valence-electron chi connectivity index (χ3n) is 7.60. The Kier molecular flexibility index (Phi) is 29.3. The molecule has 0 saturated carbocycles. The molecule has 63 heavy (non-hydrogen) atoms. The number of nitrogens with zero attached hydrogens (tertiary/aromatic N) is 4. The second kappa shape index (κ2) is 31.1. The molecule has 0 saturated heterocycles. The Morgan fingerprint density at radius 2 is 0.921 bits per heavy atom. The van der Waals surface area contributed by atoms with Crippen LogP contribution < -0.4 is 11.5 Å². The molecule has 0 aliphatic carbocycles. The van der Waals surface area contributed by atoms with Crippen LogP contribution in [0.25, 0.3) is 0 Å². The van der Waals surface area contributed by atoms with Crippen LogP contribution in [-0.2, 0) is 19.1 Å². The molecule has 4 aromatic rings. The van der Waals surface area contributed by atoms with E-state index in [2.05, 4.69) is 33.1 Å². The third-order valence-corrected chi connectivity index (χ3v) is 8.49. The van der Waals surface area contributed by atoms with E-state index in [9.17, 15) is 35.9 Å². The van der Waals surface area contributed by atoms with Crippen molar-refractivity contribution >= 4 is 70.4 Å². The van der Waals surface area contributed by atoms with Gasteiger partial charge in [0.25, 0.3) is 0 Å². The molecule has 0 unspecified atom stereocenters. The van der Waals surface area contributed by atoms with Crippen LogP contribution >= 0.6 is 58.8 Å². The first-order valence-corrected chi connectivity index (χ1v) is 19.4. The minimum Gasteiger partial charge on any atom is -0.396 e. The number of aliphatic hydroxyl groups excluding tert-OH is 2. The fourth-order valence-corrected chi connectivity index (χ4v) is 4.86. The van der Waals surface area contributed by atoms with Gasteiger partial charge in [-0.1, -0.05) is 58.6 Å². The molecular weight excluding hydrogens is 952 g/mol. The van der Waals surface area contributed by atoms with E-state index >= 15 is 0 Å². The molecule has 0 amide bonds. The number of alkyl halides is 6. The minimum atomic E-state index is -4.89. The maximum absolute atomic E-state index is 12.3. The maximum Gasteiger partial charge on any atom is 0.449 e. The first kappa shape index (κ1) is 59.2. The number of pyridine rings is 4. The number of hydrogen-bond acceptors (Lipinski definition) is 12. The van der Waals surface area contributed by atoms with Gasteiger partial charge in [-0.15, -0.1) is 25.6 Å². The Hall–Kier alpha value is -3.79. The number of carbonyl (C=O) groups is 2. The number of ether oxygens (including phenoxy) is 2. The summed E-state index contributed by atoms with van der Waals surface area (Å²) in [5.41, 5.74) is 13.3. The molecule has 0 radical (unpaired) electrons. The number of rotatable bonds is 18. The first-order valence-electron chi connectivity index (χ1n) is 17.9. The predicted molar refractivity (Wildman–Crippen MR) is 231 cm³/mol. The van der Waals surface area contributed by atoms with E-state index in [-0.39, 0.29) is 44.0 Å². The first-order chi connectivity index (χ1) is 29.2. The molecule has 4 heterocycles. The fourth-order valence-electron chi connectivity index (χ4n) is 4.41. The summed E-state index contributed by atoms with van der Waals surface area (Å²) >= 11 is 22.5. The summed E-state index contributed by atoms with van der Waals surface area (Å²) in [6.07, 6.45) is -2.49. The number of nitrogens with two attached hydrogens (primary N) is 2. The number of Topliss-reactive ketones (excluding diaryl/α,β-unsaturated/α-hetero) is 2. The Labute approximate surface area is 386 Å². The molecule has 4 rings (SSSR count). The van der Waals surface area contributed by atoms with Crippen molar-refractivity contribution in [1.29, 1.82) is 0 Å². The molecule has 23 heteroatoms. The Balaban J connectivity index is 0.000000826. The lowest BCUT2D eigenvalue weighted by Crippen LogP contribution is -2.26. The van der Waals surface area contributed by atoms with Gasteiger partial charge >= 0.3 is 12.4 Å². The van der Waals surface area contributed by atoms with E-state index in [0.29, 0.717) is 44.7 Å². The van der Waals surface area contributed by atoms with Gasteiger partial charge in [0.1, 0.15) is 0 Å². The highest BCUT2D eigenvalue weighted by Gasteiger charge is 2.40. The number of hydrogen-bond donors (Lipinski definition) is 4. The Bertz CT molecular complexity index is 1920. The molecule has 12 nitrogen and oxygen atoms in total. The van der Waals surface area contributed by atoms with Crippen LogP contribution in [0.15, 0.2) is 98.6 Å². The molecule has 4 aromatic heterocycles. The second-order valence-corrected chi connectivity index (χ2v) is 14.2. The van der Waals surface area contributed by atoms with Gasteiger partial charge in [0, 0.05) is 60.9 Å². The van der Waals surface area contributed by atoms with E-state index in [1.807, 2.05) is 0 Å². The van der Waals surface area contributed by atoms with Crippen molar-refractivity contribution in [2.45, 2.75) is 49.1 Å². The predicted octanol–water partition coefficient (Wildman–Crippen LogP) is 8.96. The molecule has 348 valence electrons. The van der Waals surface area contributed by atoms with Crippen molar-refractivity contribution in [2.24, 2.45) is 11.5 Å². The third kappa shape index (κ3) is 24.7. The van der Waals surface area contributed by atoms with Crippen molar-refractivity contribution in [1.82, 2.24) is 19.9 Å². The fraction of sp³-hybridized carbons (Fsp3) is 0.350. The maximum atomic E-state index is 12.3. The molecule has 4 atom stereocenters. The van der Waals surface area contributed by atoms with Gasteiger partial charge in [-0.3, -0.25) is 29.5 Å². The quantitative estimate of drug-likeness (QED) is 0.0420. The summed E-state index contributed by atoms with van der Waals surface area (Å²) in [5, 5.41) is 19.5. The van der Waals surface area contributed by atoms with Crippen LogP contribution in [0.4, 0.5) is 26.3 Å². The van der Waals surface area contributed by atoms with E-state index in [1.54, 1.807) is 36.5 Å². The number of halogens is 11. The lowest BCUT2D eigenvalue weighted by Gasteiger charge is -2.16. The van der Waals surface area contributed by atoms with Crippen LogP contribution in [0.2, 0.25) is 20.1 Å². The van der Waals surface area contributed by atoms with Crippen LogP contribution in [0.1, 0.15) is 59.5 Å². The largest absolute Gasteiger partial charge is 0.449 e. The van der Waals surface area contributed by atoms with Gasteiger partial charge in [-0.25, -0.2) is 0 Å². The van der Waals surface area contributed by atoms with Gasteiger partial charge in [-0.2, -0.15) is 26.3 Å².